The van der Waals surface area contributed by atoms with Crippen molar-refractivity contribution >= 4 is 5.97 Å². The number of carboxylic acids is 1. The van der Waals surface area contributed by atoms with Crippen LogP contribution in [0.3, 0.4) is 0 Å². The van der Waals surface area contributed by atoms with Gasteiger partial charge in [-0.1, -0.05) is 19.3 Å². The van der Waals surface area contributed by atoms with Gasteiger partial charge in [0, 0.05) is 31.7 Å². The van der Waals surface area contributed by atoms with E-state index < -0.39 is 5.97 Å². The average Bonchev–Trinajstić information content (AvgIpc) is 2.78. The van der Waals surface area contributed by atoms with Gasteiger partial charge in [0.25, 0.3) is 0 Å². The number of nitrogens with zero attached hydrogens (tertiary/aromatic N) is 1. The predicted octanol–water partition coefficient (Wildman–Crippen LogP) is 1.46. The SMILES string of the molecule is O=C(O)CCNC1CCN(C2CCCCC2)C1. The zero-order chi connectivity index (χ0) is 12.1. The summed E-state index contributed by atoms with van der Waals surface area (Å²) >= 11 is 0. The van der Waals surface area contributed by atoms with E-state index in [1.165, 1.54) is 45.1 Å². The second kappa shape index (κ2) is 6.36. The van der Waals surface area contributed by atoms with E-state index in [2.05, 4.69) is 10.2 Å². The highest BCUT2D eigenvalue weighted by atomic mass is 16.4. The Labute approximate surface area is 103 Å². The van der Waals surface area contributed by atoms with Crippen LogP contribution in [0.4, 0.5) is 0 Å². The molecule has 98 valence electrons. The van der Waals surface area contributed by atoms with Crippen LogP contribution in [0.5, 0.6) is 0 Å². The first-order chi connectivity index (χ1) is 8.25. The Morgan fingerprint density at radius 3 is 2.71 bits per heavy atom. The summed E-state index contributed by atoms with van der Waals surface area (Å²) in [6.07, 6.45) is 8.32. The average molecular weight is 240 g/mol. The number of hydrogen-bond acceptors (Lipinski definition) is 3. The highest BCUT2D eigenvalue weighted by Crippen LogP contribution is 2.25. The maximum absolute atomic E-state index is 10.4. The molecule has 0 radical (unpaired) electrons. The van der Waals surface area contributed by atoms with Gasteiger partial charge < -0.3 is 10.4 Å². The van der Waals surface area contributed by atoms with Gasteiger partial charge in [0.05, 0.1) is 6.42 Å². The molecule has 2 rings (SSSR count). The van der Waals surface area contributed by atoms with Crippen LogP contribution in [0.1, 0.15) is 44.9 Å². The van der Waals surface area contributed by atoms with Gasteiger partial charge in [0.15, 0.2) is 0 Å². The predicted molar refractivity (Wildman–Crippen MR) is 67.1 cm³/mol. The minimum Gasteiger partial charge on any atom is -0.481 e. The van der Waals surface area contributed by atoms with Crippen LogP contribution in [0.25, 0.3) is 0 Å². The molecule has 2 N–H and O–H groups in total. The van der Waals surface area contributed by atoms with Crippen molar-refractivity contribution in [1.29, 1.82) is 0 Å². The maximum Gasteiger partial charge on any atom is 0.304 e. The fraction of sp³-hybridized carbons (Fsp3) is 0.923. The molecule has 1 aliphatic carbocycles. The van der Waals surface area contributed by atoms with Gasteiger partial charge in [-0.25, -0.2) is 0 Å². The topological polar surface area (TPSA) is 52.6 Å². The quantitative estimate of drug-likeness (QED) is 0.764. The molecule has 0 aromatic rings. The lowest BCUT2D eigenvalue weighted by atomic mass is 9.94. The zero-order valence-electron chi connectivity index (χ0n) is 10.5. The summed E-state index contributed by atoms with van der Waals surface area (Å²) in [5, 5.41) is 12.0. The van der Waals surface area contributed by atoms with Gasteiger partial charge in [-0.15, -0.1) is 0 Å². The standard InChI is InChI=1S/C13H24N2O2/c16-13(17)6-8-14-11-7-9-15(10-11)12-4-2-1-3-5-12/h11-12,14H,1-10H2,(H,16,17). The van der Waals surface area contributed by atoms with Crippen molar-refractivity contribution in [2.24, 2.45) is 0 Å². The van der Waals surface area contributed by atoms with E-state index in [-0.39, 0.29) is 6.42 Å². The lowest BCUT2D eigenvalue weighted by Crippen LogP contribution is -2.39. The third-order valence-corrected chi connectivity index (χ3v) is 4.08. The first-order valence-corrected chi connectivity index (χ1v) is 6.95. The van der Waals surface area contributed by atoms with Crippen LogP contribution in [-0.2, 0) is 4.79 Å². The summed E-state index contributed by atoms with van der Waals surface area (Å²) < 4.78 is 0. The van der Waals surface area contributed by atoms with E-state index in [1.54, 1.807) is 0 Å². The first kappa shape index (κ1) is 12.8. The van der Waals surface area contributed by atoms with E-state index in [0.29, 0.717) is 12.6 Å². The van der Waals surface area contributed by atoms with Gasteiger partial charge in [-0.05, 0) is 19.3 Å². The largest absolute Gasteiger partial charge is 0.481 e. The number of nitrogens with one attached hydrogen (secondary N) is 1. The molecule has 0 aromatic carbocycles. The maximum atomic E-state index is 10.4. The van der Waals surface area contributed by atoms with E-state index in [1.807, 2.05) is 0 Å². The van der Waals surface area contributed by atoms with E-state index >= 15 is 0 Å². The van der Waals surface area contributed by atoms with E-state index in [0.717, 1.165) is 12.6 Å². The fourth-order valence-electron chi connectivity index (χ4n) is 3.11. The molecule has 1 saturated carbocycles. The molecular formula is C13H24N2O2. The molecule has 1 aliphatic heterocycles. The Hall–Kier alpha value is -0.610. The number of carbonyl (C=O) groups is 1. The Morgan fingerprint density at radius 1 is 1.24 bits per heavy atom. The van der Waals surface area contributed by atoms with Crippen LogP contribution < -0.4 is 5.32 Å². The second-order valence-electron chi connectivity index (χ2n) is 5.37. The van der Waals surface area contributed by atoms with Crippen molar-refractivity contribution in [3.05, 3.63) is 0 Å². The molecule has 4 nitrogen and oxygen atoms in total. The zero-order valence-corrected chi connectivity index (χ0v) is 10.5. The normalized spacial score (nSPS) is 27.4. The lowest BCUT2D eigenvalue weighted by molar-refractivity contribution is -0.136. The Bertz CT molecular complexity index is 252. The van der Waals surface area contributed by atoms with Crippen LogP contribution >= 0.6 is 0 Å². The number of hydrogen-bond donors (Lipinski definition) is 2. The molecular weight excluding hydrogens is 216 g/mol. The van der Waals surface area contributed by atoms with Gasteiger partial charge >= 0.3 is 5.97 Å². The molecule has 0 bridgehead atoms. The molecule has 2 aliphatic rings. The summed E-state index contributed by atoms with van der Waals surface area (Å²) in [4.78, 5) is 13.0. The Morgan fingerprint density at radius 2 is 2.00 bits per heavy atom. The van der Waals surface area contributed by atoms with E-state index in [4.69, 9.17) is 5.11 Å². The highest BCUT2D eigenvalue weighted by molar-refractivity contribution is 5.66. The van der Waals surface area contributed by atoms with Crippen LogP contribution in [0.15, 0.2) is 0 Å². The summed E-state index contributed by atoms with van der Waals surface area (Å²) in [6.45, 7) is 2.91. The second-order valence-corrected chi connectivity index (χ2v) is 5.37. The third-order valence-electron chi connectivity index (χ3n) is 4.08. The number of carboxylic acid groups (broad SMARTS) is 1. The van der Waals surface area contributed by atoms with E-state index in [9.17, 15) is 4.79 Å². The molecule has 1 saturated heterocycles. The monoisotopic (exact) mass is 240 g/mol. The van der Waals surface area contributed by atoms with Gasteiger partial charge in [-0.2, -0.15) is 0 Å². The molecule has 2 fully saturated rings. The molecule has 4 heteroatoms. The molecule has 0 spiro atoms. The third kappa shape index (κ3) is 3.96. The summed E-state index contributed by atoms with van der Waals surface area (Å²) in [5.74, 6) is -0.709. The summed E-state index contributed by atoms with van der Waals surface area (Å²) in [5.41, 5.74) is 0. The van der Waals surface area contributed by atoms with Crippen molar-refractivity contribution < 1.29 is 9.90 Å². The fourth-order valence-corrected chi connectivity index (χ4v) is 3.11. The highest BCUT2D eigenvalue weighted by Gasteiger charge is 2.28. The van der Waals surface area contributed by atoms with Crippen molar-refractivity contribution in [2.45, 2.75) is 57.0 Å². The smallest absolute Gasteiger partial charge is 0.304 e. The van der Waals surface area contributed by atoms with Crippen molar-refractivity contribution in [1.82, 2.24) is 10.2 Å². The van der Waals surface area contributed by atoms with Gasteiger partial charge in [0.1, 0.15) is 0 Å². The van der Waals surface area contributed by atoms with Crippen LogP contribution in [0.2, 0.25) is 0 Å². The molecule has 1 unspecified atom stereocenters. The van der Waals surface area contributed by atoms with Gasteiger partial charge in [0.2, 0.25) is 0 Å². The van der Waals surface area contributed by atoms with Crippen molar-refractivity contribution in [2.75, 3.05) is 19.6 Å². The molecule has 0 aromatic heterocycles. The molecule has 0 amide bonds. The Kier molecular flexibility index (Phi) is 4.80. The Balaban J connectivity index is 1.66. The van der Waals surface area contributed by atoms with Crippen molar-refractivity contribution in [3.63, 3.8) is 0 Å². The lowest BCUT2D eigenvalue weighted by Gasteiger charge is -2.31. The molecule has 1 heterocycles. The molecule has 1 atom stereocenters. The number of aliphatic carboxylic acids is 1. The summed E-state index contributed by atoms with van der Waals surface area (Å²) in [6, 6.07) is 1.31. The van der Waals surface area contributed by atoms with Crippen LogP contribution in [-0.4, -0.2) is 47.7 Å². The number of rotatable bonds is 5. The number of likely N-dealkylation sites (tertiary alicyclic amines) is 1. The first-order valence-electron chi connectivity index (χ1n) is 6.95. The minimum atomic E-state index is -0.709. The van der Waals surface area contributed by atoms with Crippen molar-refractivity contribution in [3.8, 4) is 0 Å². The minimum absolute atomic E-state index is 0.236. The van der Waals surface area contributed by atoms with Gasteiger partial charge in [-0.3, -0.25) is 9.69 Å². The van der Waals surface area contributed by atoms with Crippen LogP contribution in [0, 0.1) is 0 Å². The summed E-state index contributed by atoms with van der Waals surface area (Å²) in [7, 11) is 0. The molecule has 17 heavy (non-hydrogen) atoms.